The zero-order valence-corrected chi connectivity index (χ0v) is 12.4. The van der Waals surface area contributed by atoms with Crippen LogP contribution in [0.15, 0.2) is 18.2 Å². The fourth-order valence-electron chi connectivity index (χ4n) is 3.19. The van der Waals surface area contributed by atoms with Crippen molar-refractivity contribution >= 4 is 17.5 Å². The molecule has 1 spiro atoms. The van der Waals surface area contributed by atoms with E-state index in [2.05, 4.69) is 10.6 Å². The molecule has 1 atom stereocenters. The molecule has 2 heterocycles. The zero-order valence-electron chi connectivity index (χ0n) is 11.6. The largest absolute Gasteiger partial charge is 0.381 e. The van der Waals surface area contributed by atoms with E-state index in [4.69, 9.17) is 16.3 Å². The van der Waals surface area contributed by atoms with Crippen LogP contribution in [0.3, 0.4) is 0 Å². The van der Waals surface area contributed by atoms with Crippen molar-refractivity contribution in [1.82, 2.24) is 10.6 Å². The smallest absolute Gasteiger partial charge is 0.237 e. The number of carbonyl (C=O) groups is 1. The van der Waals surface area contributed by atoms with Crippen LogP contribution < -0.4 is 10.6 Å². The maximum atomic E-state index is 13.3. The molecule has 1 aromatic rings. The molecule has 0 bridgehead atoms. The van der Waals surface area contributed by atoms with E-state index in [0.717, 1.165) is 12.8 Å². The molecular weight excluding hydrogens is 295 g/mol. The first-order valence-electron chi connectivity index (χ1n) is 7.13. The summed E-state index contributed by atoms with van der Waals surface area (Å²) < 4.78 is 18.7. The van der Waals surface area contributed by atoms with E-state index in [1.165, 1.54) is 18.2 Å². The van der Waals surface area contributed by atoms with Crippen molar-refractivity contribution in [2.24, 2.45) is 5.41 Å². The monoisotopic (exact) mass is 312 g/mol. The average molecular weight is 313 g/mol. The summed E-state index contributed by atoms with van der Waals surface area (Å²) in [5, 5.41) is 6.69. The molecule has 21 heavy (non-hydrogen) atoms. The van der Waals surface area contributed by atoms with Gasteiger partial charge in [-0.3, -0.25) is 4.79 Å². The maximum absolute atomic E-state index is 13.3. The van der Waals surface area contributed by atoms with Crippen LogP contribution in [-0.4, -0.2) is 31.7 Å². The van der Waals surface area contributed by atoms with Crippen LogP contribution in [-0.2, 0) is 16.1 Å². The van der Waals surface area contributed by atoms with Gasteiger partial charge in [-0.15, -0.1) is 0 Å². The Bertz CT molecular complexity index is 546. The summed E-state index contributed by atoms with van der Waals surface area (Å²) in [5.74, 6) is -0.322. The minimum atomic E-state index is -0.326. The fourth-order valence-corrected chi connectivity index (χ4v) is 3.37. The topological polar surface area (TPSA) is 50.4 Å². The van der Waals surface area contributed by atoms with Crippen molar-refractivity contribution in [2.45, 2.75) is 25.4 Å². The number of ether oxygens (including phenoxy) is 1. The van der Waals surface area contributed by atoms with E-state index in [0.29, 0.717) is 36.9 Å². The van der Waals surface area contributed by atoms with Crippen molar-refractivity contribution in [3.05, 3.63) is 34.6 Å². The molecule has 2 N–H and O–H groups in total. The second kappa shape index (κ2) is 5.91. The summed E-state index contributed by atoms with van der Waals surface area (Å²) in [6.45, 7) is 2.39. The van der Waals surface area contributed by atoms with Crippen LogP contribution in [0, 0.1) is 11.2 Å². The highest BCUT2D eigenvalue weighted by atomic mass is 35.5. The lowest BCUT2D eigenvalue weighted by molar-refractivity contribution is -0.122. The van der Waals surface area contributed by atoms with Crippen molar-refractivity contribution in [1.29, 1.82) is 0 Å². The molecule has 2 fully saturated rings. The predicted octanol–water partition coefficient (Wildman–Crippen LogP) is 1.86. The molecule has 4 nitrogen and oxygen atoms in total. The lowest BCUT2D eigenvalue weighted by atomic mass is 9.76. The second-order valence-corrected chi connectivity index (χ2v) is 6.15. The van der Waals surface area contributed by atoms with Gasteiger partial charge in [0, 0.05) is 36.7 Å². The van der Waals surface area contributed by atoms with Crippen molar-refractivity contribution < 1.29 is 13.9 Å². The molecule has 3 rings (SSSR count). The molecule has 1 amide bonds. The van der Waals surface area contributed by atoms with Gasteiger partial charge >= 0.3 is 0 Å². The van der Waals surface area contributed by atoms with E-state index in [1.807, 2.05) is 0 Å². The third-order valence-electron chi connectivity index (χ3n) is 4.48. The summed E-state index contributed by atoms with van der Waals surface area (Å²) in [4.78, 5) is 12.1. The van der Waals surface area contributed by atoms with E-state index < -0.39 is 0 Å². The molecular formula is C15H18ClFN2O2. The van der Waals surface area contributed by atoms with E-state index >= 15 is 0 Å². The summed E-state index contributed by atoms with van der Waals surface area (Å²) >= 11 is 6.07. The van der Waals surface area contributed by atoms with Gasteiger partial charge in [0.25, 0.3) is 0 Å². The summed E-state index contributed by atoms with van der Waals surface area (Å²) in [6, 6.07) is 3.99. The second-order valence-electron chi connectivity index (χ2n) is 5.74. The van der Waals surface area contributed by atoms with E-state index in [9.17, 15) is 9.18 Å². The fraction of sp³-hybridized carbons (Fsp3) is 0.533. The van der Waals surface area contributed by atoms with Gasteiger partial charge in [0.05, 0.1) is 6.04 Å². The number of carbonyl (C=O) groups excluding carboxylic acids is 1. The molecule has 0 aromatic heterocycles. The number of rotatable bonds is 3. The van der Waals surface area contributed by atoms with E-state index in [1.54, 1.807) is 0 Å². The molecule has 2 aliphatic heterocycles. The minimum Gasteiger partial charge on any atom is -0.381 e. The SMILES string of the molecule is O=C1NCC2(CCOCC2)C1NCc1cc(F)ccc1Cl. The third-order valence-corrected chi connectivity index (χ3v) is 4.85. The van der Waals surface area contributed by atoms with Crippen molar-refractivity contribution in [2.75, 3.05) is 19.8 Å². The van der Waals surface area contributed by atoms with Crippen LogP contribution >= 0.6 is 11.6 Å². The Balaban J connectivity index is 1.73. The van der Waals surface area contributed by atoms with Gasteiger partial charge in [0.15, 0.2) is 0 Å². The first-order chi connectivity index (χ1) is 10.1. The highest BCUT2D eigenvalue weighted by molar-refractivity contribution is 6.31. The molecule has 0 saturated carbocycles. The Hall–Kier alpha value is -1.17. The molecule has 0 radical (unpaired) electrons. The summed E-state index contributed by atoms with van der Waals surface area (Å²) in [6.07, 6.45) is 1.70. The third kappa shape index (κ3) is 2.91. The first kappa shape index (κ1) is 14.8. The molecule has 0 aliphatic carbocycles. The Kier molecular flexibility index (Phi) is 4.15. The Morgan fingerprint density at radius 3 is 2.95 bits per heavy atom. The van der Waals surface area contributed by atoms with Gasteiger partial charge in [-0.2, -0.15) is 0 Å². The normalized spacial score (nSPS) is 24.3. The standard InChI is InChI=1S/C15H18ClFN2O2/c16-12-2-1-11(17)7-10(12)8-18-13-14(20)19-9-15(13)3-5-21-6-4-15/h1-2,7,13,18H,3-6,8-9H2,(H,19,20). The van der Waals surface area contributed by atoms with Crippen molar-refractivity contribution in [3.8, 4) is 0 Å². The molecule has 6 heteroatoms. The lowest BCUT2D eigenvalue weighted by Crippen LogP contribution is -2.49. The summed E-state index contributed by atoms with van der Waals surface area (Å²) in [5.41, 5.74) is 0.563. The van der Waals surface area contributed by atoms with Crippen LogP contribution in [0.25, 0.3) is 0 Å². The number of nitrogens with one attached hydrogen (secondary N) is 2. The van der Waals surface area contributed by atoms with Crippen LogP contribution in [0.1, 0.15) is 18.4 Å². The predicted molar refractivity (Wildman–Crippen MR) is 77.5 cm³/mol. The molecule has 1 aromatic carbocycles. The summed E-state index contributed by atoms with van der Waals surface area (Å²) in [7, 11) is 0. The van der Waals surface area contributed by atoms with Gasteiger partial charge in [0.1, 0.15) is 5.82 Å². The quantitative estimate of drug-likeness (QED) is 0.896. The van der Waals surface area contributed by atoms with Gasteiger partial charge in [-0.25, -0.2) is 4.39 Å². The number of benzene rings is 1. The van der Waals surface area contributed by atoms with Gasteiger partial charge in [-0.05, 0) is 36.6 Å². The Morgan fingerprint density at radius 2 is 2.19 bits per heavy atom. The highest BCUT2D eigenvalue weighted by Gasteiger charge is 2.48. The minimum absolute atomic E-state index is 0.00410. The highest BCUT2D eigenvalue weighted by Crippen LogP contribution is 2.37. The first-order valence-corrected chi connectivity index (χ1v) is 7.51. The molecule has 1 unspecified atom stereocenters. The molecule has 114 valence electrons. The molecule has 2 saturated heterocycles. The number of hydrogen-bond acceptors (Lipinski definition) is 3. The van der Waals surface area contributed by atoms with Crippen molar-refractivity contribution in [3.63, 3.8) is 0 Å². The Morgan fingerprint density at radius 1 is 1.43 bits per heavy atom. The van der Waals surface area contributed by atoms with Gasteiger partial charge < -0.3 is 15.4 Å². The molecule has 2 aliphatic rings. The van der Waals surface area contributed by atoms with E-state index in [-0.39, 0.29) is 23.2 Å². The Labute approximate surface area is 128 Å². The lowest BCUT2D eigenvalue weighted by Gasteiger charge is -2.37. The average Bonchev–Trinajstić information content (AvgIpc) is 2.77. The zero-order chi connectivity index (χ0) is 14.9. The number of hydrogen-bond donors (Lipinski definition) is 2. The van der Waals surface area contributed by atoms with Crippen LogP contribution in [0.5, 0.6) is 0 Å². The van der Waals surface area contributed by atoms with Crippen LogP contribution in [0.2, 0.25) is 5.02 Å². The van der Waals surface area contributed by atoms with Gasteiger partial charge in [-0.1, -0.05) is 11.6 Å². The maximum Gasteiger partial charge on any atom is 0.237 e. The van der Waals surface area contributed by atoms with Gasteiger partial charge in [0.2, 0.25) is 5.91 Å². The number of amides is 1. The van der Waals surface area contributed by atoms with Crippen LogP contribution in [0.4, 0.5) is 4.39 Å². The number of halogens is 2.